The first-order chi connectivity index (χ1) is 5.35. The van der Waals surface area contributed by atoms with Crippen molar-refractivity contribution in [1.82, 2.24) is 0 Å². The molecule has 1 atom stereocenters. The summed E-state index contributed by atoms with van der Waals surface area (Å²) in [6.07, 6.45) is -1.35. The lowest BCUT2D eigenvalue weighted by Gasteiger charge is -2.06. The minimum absolute atomic E-state index is 0.306. The molecule has 0 aromatic rings. The van der Waals surface area contributed by atoms with E-state index in [9.17, 15) is 17.1 Å². The molecule has 0 aromatic carbocycles. The van der Waals surface area contributed by atoms with Gasteiger partial charge in [0, 0.05) is 0 Å². The van der Waals surface area contributed by atoms with Crippen molar-refractivity contribution in [3.8, 4) is 0 Å². The summed E-state index contributed by atoms with van der Waals surface area (Å²) >= 11 is 0. The first kappa shape index (κ1) is 11.3. The molecule has 0 spiro atoms. The van der Waals surface area contributed by atoms with Crippen molar-refractivity contribution in [2.75, 3.05) is 7.11 Å². The van der Waals surface area contributed by atoms with E-state index in [1.807, 2.05) is 0 Å². The molecule has 0 saturated carbocycles. The molecule has 72 valence electrons. The van der Waals surface area contributed by atoms with Crippen molar-refractivity contribution in [2.24, 2.45) is 0 Å². The Morgan fingerprint density at radius 3 is 2.42 bits per heavy atom. The lowest BCUT2D eigenvalue weighted by atomic mass is 10.3. The minimum Gasteiger partial charge on any atom is -0.469 e. The number of esters is 1. The number of carbonyl (C=O) groups is 1. The Morgan fingerprint density at radius 2 is 2.08 bits per heavy atom. The number of ether oxygens (including phenoxy) is 1. The average molecular weight is 200 g/mol. The van der Waals surface area contributed by atoms with Crippen LogP contribution < -0.4 is 0 Å². The molecule has 0 amide bonds. The number of hydrogen-bond acceptors (Lipinski definition) is 5. The van der Waals surface area contributed by atoms with Crippen LogP contribution in [0.4, 0.5) is 3.89 Å². The number of halogens is 1. The highest BCUT2D eigenvalue weighted by molar-refractivity contribution is 7.81. The zero-order valence-electron chi connectivity index (χ0n) is 6.61. The van der Waals surface area contributed by atoms with Crippen LogP contribution in [0.5, 0.6) is 0 Å². The zero-order valence-corrected chi connectivity index (χ0v) is 7.43. The molecule has 0 unspecified atom stereocenters. The quantitative estimate of drug-likeness (QED) is 0.478. The summed E-state index contributed by atoms with van der Waals surface area (Å²) in [5, 5.41) is 0. The molecule has 0 N–H and O–H groups in total. The third-order valence-corrected chi connectivity index (χ3v) is 1.52. The molecule has 0 saturated heterocycles. The lowest BCUT2D eigenvalue weighted by molar-refractivity contribution is -0.142. The molecule has 0 aliphatic rings. The second kappa shape index (κ2) is 4.36. The fourth-order valence-corrected chi connectivity index (χ4v) is 1.01. The number of rotatable bonds is 4. The number of hydrogen-bond donors (Lipinski definition) is 0. The van der Waals surface area contributed by atoms with E-state index in [1.54, 1.807) is 0 Å². The highest BCUT2D eigenvalue weighted by atomic mass is 32.3. The van der Waals surface area contributed by atoms with E-state index in [0.717, 1.165) is 7.11 Å². The van der Waals surface area contributed by atoms with Crippen molar-refractivity contribution in [2.45, 2.75) is 19.4 Å². The van der Waals surface area contributed by atoms with Crippen molar-refractivity contribution >= 4 is 16.5 Å². The fourth-order valence-electron chi connectivity index (χ4n) is 0.548. The van der Waals surface area contributed by atoms with E-state index in [1.165, 1.54) is 6.92 Å². The van der Waals surface area contributed by atoms with Gasteiger partial charge < -0.3 is 4.74 Å². The Hall–Kier alpha value is -0.690. The van der Waals surface area contributed by atoms with Gasteiger partial charge in [0.1, 0.15) is 0 Å². The Bertz CT molecular complexity index is 247. The molecule has 0 fully saturated rings. The van der Waals surface area contributed by atoms with Crippen LogP contribution in [-0.2, 0) is 24.2 Å². The lowest BCUT2D eigenvalue weighted by Crippen LogP contribution is -2.17. The van der Waals surface area contributed by atoms with E-state index in [0.29, 0.717) is 0 Å². The molecule has 0 aromatic heterocycles. The van der Waals surface area contributed by atoms with Crippen LogP contribution in [-0.4, -0.2) is 27.6 Å². The van der Waals surface area contributed by atoms with Gasteiger partial charge in [0.25, 0.3) is 0 Å². The smallest absolute Gasteiger partial charge is 0.437 e. The maximum atomic E-state index is 11.8. The monoisotopic (exact) mass is 200 g/mol. The predicted octanol–water partition coefficient (Wildman–Crippen LogP) is 0.169. The number of methoxy groups -OCH3 is 1. The van der Waals surface area contributed by atoms with Crippen LogP contribution in [0.1, 0.15) is 13.3 Å². The second-order valence-electron chi connectivity index (χ2n) is 2.08. The molecular formula is C5H9FO5S. The van der Waals surface area contributed by atoms with Gasteiger partial charge in [-0.25, -0.2) is 4.18 Å². The number of carbonyl (C=O) groups excluding carboxylic acids is 1. The van der Waals surface area contributed by atoms with Crippen LogP contribution in [0.15, 0.2) is 0 Å². The van der Waals surface area contributed by atoms with Crippen molar-refractivity contribution in [1.29, 1.82) is 0 Å². The summed E-state index contributed by atoms with van der Waals surface area (Å²) in [7, 11) is -3.85. The maximum Gasteiger partial charge on any atom is 0.437 e. The van der Waals surface area contributed by atoms with E-state index in [4.69, 9.17) is 0 Å². The third-order valence-electron chi connectivity index (χ3n) is 0.961. The Morgan fingerprint density at radius 1 is 1.58 bits per heavy atom. The molecule has 12 heavy (non-hydrogen) atoms. The van der Waals surface area contributed by atoms with Gasteiger partial charge in [-0.15, -0.1) is 0 Å². The summed E-state index contributed by atoms with van der Waals surface area (Å²) in [6, 6.07) is 0. The predicted molar refractivity (Wildman–Crippen MR) is 37.2 cm³/mol. The largest absolute Gasteiger partial charge is 0.469 e. The van der Waals surface area contributed by atoms with Crippen LogP contribution >= 0.6 is 0 Å². The molecule has 0 radical (unpaired) electrons. The van der Waals surface area contributed by atoms with Crippen molar-refractivity contribution < 1.29 is 26.0 Å². The Balaban J connectivity index is 3.91. The third kappa shape index (κ3) is 6.05. The summed E-state index contributed by atoms with van der Waals surface area (Å²) in [4.78, 5) is 10.5. The van der Waals surface area contributed by atoms with Gasteiger partial charge in [0.15, 0.2) is 0 Å². The van der Waals surface area contributed by atoms with Crippen molar-refractivity contribution in [3.63, 3.8) is 0 Å². The molecule has 0 bridgehead atoms. The van der Waals surface area contributed by atoms with Crippen LogP contribution in [0, 0.1) is 0 Å². The summed E-state index contributed by atoms with van der Waals surface area (Å²) in [6.45, 7) is 1.24. The van der Waals surface area contributed by atoms with Crippen LogP contribution in [0.25, 0.3) is 0 Å². The summed E-state index contributed by atoms with van der Waals surface area (Å²) in [5.74, 6) is -0.661. The topological polar surface area (TPSA) is 69.7 Å². The van der Waals surface area contributed by atoms with Gasteiger partial charge in [-0.2, -0.15) is 8.42 Å². The summed E-state index contributed by atoms with van der Waals surface area (Å²) in [5.41, 5.74) is 0. The Kier molecular flexibility index (Phi) is 4.11. The molecule has 0 aliphatic heterocycles. The first-order valence-electron chi connectivity index (χ1n) is 3.05. The van der Waals surface area contributed by atoms with Crippen molar-refractivity contribution in [3.05, 3.63) is 0 Å². The van der Waals surface area contributed by atoms with E-state index in [-0.39, 0.29) is 6.42 Å². The van der Waals surface area contributed by atoms with Gasteiger partial charge in [0.05, 0.1) is 19.6 Å². The van der Waals surface area contributed by atoms with E-state index >= 15 is 0 Å². The second-order valence-corrected chi connectivity index (χ2v) is 3.06. The normalized spacial score (nSPS) is 13.9. The molecule has 7 heteroatoms. The van der Waals surface area contributed by atoms with Crippen LogP contribution in [0.3, 0.4) is 0 Å². The van der Waals surface area contributed by atoms with Gasteiger partial charge in [-0.05, 0) is 6.92 Å². The molecule has 0 aliphatic carbocycles. The average Bonchev–Trinajstić information content (AvgIpc) is 1.82. The van der Waals surface area contributed by atoms with Gasteiger partial charge in [-0.3, -0.25) is 4.79 Å². The first-order valence-corrected chi connectivity index (χ1v) is 4.35. The fraction of sp³-hybridized carbons (Fsp3) is 0.800. The van der Waals surface area contributed by atoms with Gasteiger partial charge in [-0.1, -0.05) is 3.89 Å². The zero-order chi connectivity index (χ0) is 9.78. The van der Waals surface area contributed by atoms with E-state index < -0.39 is 22.6 Å². The molecular weight excluding hydrogens is 191 g/mol. The summed E-state index contributed by atoms with van der Waals surface area (Å²) < 4.78 is 39.5. The highest BCUT2D eigenvalue weighted by Gasteiger charge is 2.17. The van der Waals surface area contributed by atoms with Gasteiger partial charge >= 0.3 is 16.5 Å². The molecule has 5 nitrogen and oxygen atoms in total. The minimum atomic E-state index is -4.98. The molecule has 0 rings (SSSR count). The van der Waals surface area contributed by atoms with E-state index in [2.05, 4.69) is 8.92 Å². The molecule has 0 heterocycles. The maximum absolute atomic E-state index is 11.8. The van der Waals surface area contributed by atoms with Gasteiger partial charge in [0.2, 0.25) is 0 Å². The Labute approximate surface area is 69.9 Å². The SMILES string of the molecule is COC(=O)C[C@@H](C)OS(=O)(=O)F. The standard InChI is InChI=1S/C5H9FO5S/c1-4(3-5(7)10-2)11-12(6,8)9/h4H,3H2,1-2H3/t4-/m1/s1. The highest BCUT2D eigenvalue weighted by Crippen LogP contribution is 2.05. The van der Waals surface area contributed by atoms with Crippen LogP contribution in [0.2, 0.25) is 0 Å².